The highest BCUT2D eigenvalue weighted by Crippen LogP contribution is 2.31. The summed E-state index contributed by atoms with van der Waals surface area (Å²) in [5, 5.41) is 4.23. The molecule has 1 N–H and O–H groups in total. The molecule has 27 heavy (non-hydrogen) atoms. The molecule has 6 rings (SSSR count). The van der Waals surface area contributed by atoms with E-state index in [9.17, 15) is 4.79 Å². The third-order valence-corrected chi connectivity index (χ3v) is 7.30. The van der Waals surface area contributed by atoms with Crippen LogP contribution in [0.1, 0.15) is 29.8 Å². The lowest BCUT2D eigenvalue weighted by molar-refractivity contribution is 0.0619. The number of methoxy groups -OCH3 is 1. The minimum atomic E-state index is -0.0200. The summed E-state index contributed by atoms with van der Waals surface area (Å²) in [7, 11) is 1.78. The number of piperidine rings is 3. The van der Waals surface area contributed by atoms with Gasteiger partial charge >= 0.3 is 0 Å². The summed E-state index contributed by atoms with van der Waals surface area (Å²) in [6.45, 7) is 5.28. The predicted molar refractivity (Wildman–Crippen MR) is 108 cm³/mol. The van der Waals surface area contributed by atoms with Crippen LogP contribution in [-0.2, 0) is 4.74 Å². The molecule has 4 aliphatic heterocycles. The lowest BCUT2D eigenvalue weighted by atomic mass is 9.84. The normalized spacial score (nSPS) is 30.2. The summed E-state index contributed by atoms with van der Waals surface area (Å²) in [5.41, 5.74) is 1.77. The first-order chi connectivity index (χ1) is 13.2. The lowest BCUT2D eigenvalue weighted by Crippen LogP contribution is -2.57. The van der Waals surface area contributed by atoms with Gasteiger partial charge in [0.2, 0.25) is 0 Å². The van der Waals surface area contributed by atoms with Gasteiger partial charge in [-0.05, 0) is 68.0 Å². The first-order valence-electron chi connectivity index (χ1n) is 9.91. The van der Waals surface area contributed by atoms with E-state index in [0.29, 0.717) is 17.7 Å². The van der Waals surface area contributed by atoms with E-state index in [2.05, 4.69) is 37.7 Å². The average Bonchev–Trinajstić information content (AvgIpc) is 3.35. The van der Waals surface area contributed by atoms with Gasteiger partial charge in [-0.25, -0.2) is 0 Å². The zero-order chi connectivity index (χ0) is 18.4. The molecule has 0 aliphatic carbocycles. The fraction of sp³-hybridized carbons (Fsp3) is 0.600. The number of aromatic nitrogens is 1. The Morgan fingerprint density at radius 1 is 1.22 bits per heavy atom. The molecule has 2 atom stereocenters. The second-order valence-corrected chi connectivity index (χ2v) is 8.83. The SMILES string of the molecule is CO[C@H]1CCN(c2ccc3c(C(=O)N[C@@H]4CN5CCC4CC5)nsc3c2)C1. The summed E-state index contributed by atoms with van der Waals surface area (Å²) in [6, 6.07) is 6.60. The average molecular weight is 387 g/mol. The maximum absolute atomic E-state index is 12.9. The Labute approximate surface area is 163 Å². The van der Waals surface area contributed by atoms with Gasteiger partial charge < -0.3 is 19.9 Å². The van der Waals surface area contributed by atoms with Crippen LogP contribution in [0.2, 0.25) is 0 Å². The largest absolute Gasteiger partial charge is 0.380 e. The molecular weight excluding hydrogens is 360 g/mol. The van der Waals surface area contributed by atoms with Crippen LogP contribution in [0.4, 0.5) is 5.69 Å². The fourth-order valence-electron chi connectivity index (χ4n) is 4.81. The van der Waals surface area contributed by atoms with Crippen molar-refractivity contribution in [1.82, 2.24) is 14.6 Å². The Balaban J connectivity index is 1.33. The van der Waals surface area contributed by atoms with Crippen LogP contribution in [0, 0.1) is 5.92 Å². The Hall–Kier alpha value is -1.70. The van der Waals surface area contributed by atoms with Gasteiger partial charge in [0.05, 0.1) is 10.8 Å². The molecule has 0 unspecified atom stereocenters. The maximum atomic E-state index is 12.9. The standard InChI is InChI=1S/C20H26N4O2S/c1-26-15-6-9-24(11-15)14-2-3-16-18(10-14)27-22-19(16)20(25)21-17-12-23-7-4-13(17)5-8-23/h2-3,10,13,15,17H,4-9,11-12H2,1H3,(H,21,25)/t15-,17+/m0/s1. The topological polar surface area (TPSA) is 57.7 Å². The molecule has 0 radical (unpaired) electrons. The third-order valence-electron chi connectivity index (χ3n) is 6.49. The number of ether oxygens (including phenoxy) is 1. The molecule has 1 aromatic carbocycles. The van der Waals surface area contributed by atoms with Crippen molar-refractivity contribution >= 4 is 33.2 Å². The van der Waals surface area contributed by atoms with Gasteiger partial charge in [-0.2, -0.15) is 4.37 Å². The first-order valence-corrected chi connectivity index (χ1v) is 10.7. The molecular formula is C20H26N4O2S. The molecule has 144 valence electrons. The fourth-order valence-corrected chi connectivity index (χ4v) is 5.61. The molecule has 4 fully saturated rings. The van der Waals surface area contributed by atoms with Gasteiger partial charge in [0.15, 0.2) is 0 Å². The number of fused-ring (bicyclic) bond motifs is 4. The zero-order valence-electron chi connectivity index (χ0n) is 15.7. The van der Waals surface area contributed by atoms with Crippen LogP contribution in [0.15, 0.2) is 18.2 Å². The van der Waals surface area contributed by atoms with E-state index in [-0.39, 0.29) is 11.9 Å². The van der Waals surface area contributed by atoms with E-state index >= 15 is 0 Å². The highest BCUT2D eigenvalue weighted by molar-refractivity contribution is 7.13. The quantitative estimate of drug-likeness (QED) is 0.874. The number of nitrogens with one attached hydrogen (secondary N) is 1. The van der Waals surface area contributed by atoms with Crippen LogP contribution in [0.25, 0.3) is 10.1 Å². The predicted octanol–water partition coefficient (Wildman–Crippen LogP) is 2.35. The summed E-state index contributed by atoms with van der Waals surface area (Å²) in [6.07, 6.45) is 3.77. The summed E-state index contributed by atoms with van der Waals surface area (Å²) in [5.74, 6) is 0.604. The smallest absolute Gasteiger partial charge is 0.271 e. The van der Waals surface area contributed by atoms with Gasteiger partial charge in [-0.3, -0.25) is 4.79 Å². The van der Waals surface area contributed by atoms with Crippen molar-refractivity contribution in [2.24, 2.45) is 5.92 Å². The molecule has 4 aliphatic rings. The van der Waals surface area contributed by atoms with Gasteiger partial charge in [0.1, 0.15) is 5.69 Å². The number of carbonyl (C=O) groups excluding carboxylic acids is 1. The Morgan fingerprint density at radius 3 is 2.78 bits per heavy atom. The number of hydrogen-bond acceptors (Lipinski definition) is 6. The van der Waals surface area contributed by atoms with Crippen LogP contribution in [0.5, 0.6) is 0 Å². The van der Waals surface area contributed by atoms with Gasteiger partial charge in [-0.1, -0.05) is 0 Å². The van der Waals surface area contributed by atoms with Gasteiger partial charge in [-0.15, -0.1) is 0 Å². The van der Waals surface area contributed by atoms with Crippen molar-refractivity contribution in [2.45, 2.75) is 31.4 Å². The molecule has 1 aromatic heterocycles. The lowest BCUT2D eigenvalue weighted by Gasteiger charge is -2.44. The van der Waals surface area contributed by atoms with Crippen molar-refractivity contribution < 1.29 is 9.53 Å². The molecule has 0 saturated carbocycles. The van der Waals surface area contributed by atoms with Crippen molar-refractivity contribution in [3.63, 3.8) is 0 Å². The number of benzene rings is 1. The number of carbonyl (C=O) groups is 1. The van der Waals surface area contributed by atoms with Crippen molar-refractivity contribution in [1.29, 1.82) is 0 Å². The molecule has 6 nitrogen and oxygen atoms in total. The van der Waals surface area contributed by atoms with Gasteiger partial charge in [0.25, 0.3) is 5.91 Å². The van der Waals surface area contributed by atoms with Crippen LogP contribution in [0.3, 0.4) is 0 Å². The second-order valence-electron chi connectivity index (χ2n) is 8.02. The first kappa shape index (κ1) is 17.4. The summed E-state index contributed by atoms with van der Waals surface area (Å²) < 4.78 is 11.0. The highest BCUT2D eigenvalue weighted by Gasteiger charge is 2.35. The Morgan fingerprint density at radius 2 is 2.07 bits per heavy atom. The minimum Gasteiger partial charge on any atom is -0.380 e. The molecule has 0 spiro atoms. The number of hydrogen-bond donors (Lipinski definition) is 1. The number of amides is 1. The van der Waals surface area contributed by atoms with Crippen molar-refractivity contribution in [2.75, 3.05) is 44.7 Å². The monoisotopic (exact) mass is 386 g/mol. The number of nitrogens with zero attached hydrogens (tertiary/aromatic N) is 3. The number of anilines is 1. The third kappa shape index (κ3) is 3.22. The van der Waals surface area contributed by atoms with E-state index in [1.807, 2.05) is 0 Å². The molecule has 4 saturated heterocycles. The van der Waals surface area contributed by atoms with Crippen LogP contribution < -0.4 is 10.2 Å². The van der Waals surface area contributed by atoms with E-state index in [4.69, 9.17) is 4.74 Å². The highest BCUT2D eigenvalue weighted by atomic mass is 32.1. The maximum Gasteiger partial charge on any atom is 0.271 e. The Bertz CT molecular complexity index is 846. The molecule has 2 aromatic rings. The van der Waals surface area contributed by atoms with E-state index in [0.717, 1.165) is 36.1 Å². The number of rotatable bonds is 4. The minimum absolute atomic E-state index is 0.0200. The summed E-state index contributed by atoms with van der Waals surface area (Å²) in [4.78, 5) is 17.7. The summed E-state index contributed by atoms with van der Waals surface area (Å²) >= 11 is 1.42. The molecule has 7 heteroatoms. The van der Waals surface area contributed by atoms with Crippen molar-refractivity contribution in [3.05, 3.63) is 23.9 Å². The Kier molecular flexibility index (Phi) is 4.53. The van der Waals surface area contributed by atoms with E-state index in [1.165, 1.54) is 43.2 Å². The van der Waals surface area contributed by atoms with Crippen LogP contribution >= 0.6 is 11.5 Å². The van der Waals surface area contributed by atoms with Crippen molar-refractivity contribution in [3.8, 4) is 0 Å². The van der Waals surface area contributed by atoms with Gasteiger partial charge in [0, 0.05) is 43.9 Å². The second kappa shape index (κ2) is 7.04. The molecule has 2 bridgehead atoms. The van der Waals surface area contributed by atoms with Crippen LogP contribution in [-0.4, -0.2) is 67.2 Å². The van der Waals surface area contributed by atoms with E-state index in [1.54, 1.807) is 7.11 Å². The zero-order valence-corrected chi connectivity index (χ0v) is 16.5. The molecule has 1 amide bonds. The van der Waals surface area contributed by atoms with E-state index < -0.39 is 0 Å². The molecule has 5 heterocycles.